The molecule has 1 fully saturated rings. The largest absolute Gasteiger partial charge is 0.507 e. The number of carbonyl (C=O) groups is 1. The average Bonchev–Trinajstić information content (AvgIpc) is 3.11. The second kappa shape index (κ2) is 7.40. The molecule has 0 aromatic heterocycles. The Bertz CT molecular complexity index is 900. The molecule has 1 saturated carbocycles. The maximum absolute atomic E-state index is 12.5. The number of phenolic OH excluding ortho intramolecular Hbond substituents is 1. The van der Waals surface area contributed by atoms with Crippen LogP contribution in [0.4, 0.5) is 0 Å². The van der Waals surface area contributed by atoms with Gasteiger partial charge in [0.1, 0.15) is 23.2 Å². The van der Waals surface area contributed by atoms with Crippen molar-refractivity contribution in [1.82, 2.24) is 0 Å². The van der Waals surface area contributed by atoms with Crippen LogP contribution in [0.3, 0.4) is 0 Å². The number of rotatable bonds is 3. The molecule has 4 nitrogen and oxygen atoms in total. The van der Waals surface area contributed by atoms with Gasteiger partial charge in [0.15, 0.2) is 0 Å². The molecule has 0 spiro atoms. The van der Waals surface area contributed by atoms with Gasteiger partial charge in [0, 0.05) is 12.0 Å². The zero-order valence-electron chi connectivity index (χ0n) is 17.8. The summed E-state index contributed by atoms with van der Waals surface area (Å²) in [5.74, 6) is 0.993. The smallest absolute Gasteiger partial charge is 0.338 e. The molecule has 2 aromatic rings. The summed E-state index contributed by atoms with van der Waals surface area (Å²) in [7, 11) is 0. The minimum absolute atomic E-state index is 0.0583. The second-order valence-corrected chi connectivity index (χ2v) is 8.78. The van der Waals surface area contributed by atoms with Crippen molar-refractivity contribution in [3.63, 3.8) is 0 Å². The van der Waals surface area contributed by atoms with Crippen LogP contribution in [-0.4, -0.2) is 17.2 Å². The molecule has 29 heavy (non-hydrogen) atoms. The van der Waals surface area contributed by atoms with Gasteiger partial charge in [0.25, 0.3) is 0 Å². The third-order valence-electron chi connectivity index (χ3n) is 6.74. The Morgan fingerprint density at radius 1 is 1.03 bits per heavy atom. The quantitative estimate of drug-likeness (QED) is 0.683. The Morgan fingerprint density at radius 2 is 1.69 bits per heavy atom. The van der Waals surface area contributed by atoms with E-state index in [1.165, 1.54) is 6.42 Å². The first kappa shape index (κ1) is 19.8. The number of ether oxygens (including phenoxy) is 2. The van der Waals surface area contributed by atoms with Crippen LogP contribution in [0.5, 0.6) is 11.5 Å². The molecular weight excluding hydrogens is 364 g/mol. The van der Waals surface area contributed by atoms with Crippen molar-refractivity contribution < 1.29 is 19.4 Å². The maximum Gasteiger partial charge on any atom is 0.338 e. The number of hydrogen-bond donors (Lipinski definition) is 1. The maximum atomic E-state index is 12.5. The Labute approximate surface area is 172 Å². The van der Waals surface area contributed by atoms with Gasteiger partial charge in [0.05, 0.1) is 5.56 Å². The summed E-state index contributed by atoms with van der Waals surface area (Å²) in [5, 5.41) is 10.4. The zero-order chi connectivity index (χ0) is 20.8. The molecule has 0 bridgehead atoms. The summed E-state index contributed by atoms with van der Waals surface area (Å²) in [6.45, 7) is 7.92. The Morgan fingerprint density at radius 3 is 2.34 bits per heavy atom. The van der Waals surface area contributed by atoms with Gasteiger partial charge in [0.2, 0.25) is 0 Å². The summed E-state index contributed by atoms with van der Waals surface area (Å²) >= 11 is 0. The number of benzene rings is 2. The Kier molecular flexibility index (Phi) is 5.05. The lowest BCUT2D eigenvalue weighted by atomic mass is 9.88. The van der Waals surface area contributed by atoms with Crippen molar-refractivity contribution in [2.75, 3.05) is 0 Å². The van der Waals surface area contributed by atoms with Crippen molar-refractivity contribution in [3.8, 4) is 11.5 Å². The molecule has 4 rings (SSSR count). The molecule has 1 heterocycles. The molecule has 1 aliphatic heterocycles. The molecule has 2 aliphatic rings. The normalized spacial score (nSPS) is 21.5. The topological polar surface area (TPSA) is 55.8 Å². The molecular formula is C25H30O4. The lowest BCUT2D eigenvalue weighted by Gasteiger charge is -2.25. The number of fused-ring (bicyclic) bond motifs is 1. The van der Waals surface area contributed by atoms with Crippen molar-refractivity contribution in [1.29, 1.82) is 0 Å². The SMILES string of the molecule is Cc1c(C)c2c(c(C)c1O)CC(C)(c1ccc(C(=O)OC3CCCCC3)cc1)O2. The van der Waals surface area contributed by atoms with E-state index >= 15 is 0 Å². The minimum atomic E-state index is -0.524. The van der Waals surface area contributed by atoms with E-state index in [4.69, 9.17) is 9.47 Å². The molecule has 154 valence electrons. The third-order valence-corrected chi connectivity index (χ3v) is 6.74. The number of esters is 1. The summed E-state index contributed by atoms with van der Waals surface area (Å²) < 4.78 is 12.1. The molecule has 1 atom stereocenters. The molecule has 0 amide bonds. The van der Waals surface area contributed by atoms with E-state index < -0.39 is 5.60 Å². The molecule has 4 heteroatoms. The number of carbonyl (C=O) groups excluding carboxylic acids is 1. The highest BCUT2D eigenvalue weighted by molar-refractivity contribution is 5.89. The van der Waals surface area contributed by atoms with Gasteiger partial charge < -0.3 is 14.6 Å². The van der Waals surface area contributed by atoms with Gasteiger partial charge in [-0.05, 0) is 87.8 Å². The second-order valence-electron chi connectivity index (χ2n) is 8.78. The van der Waals surface area contributed by atoms with E-state index in [1.54, 1.807) is 0 Å². The lowest BCUT2D eigenvalue weighted by Crippen LogP contribution is -2.27. The summed E-state index contributed by atoms with van der Waals surface area (Å²) in [6, 6.07) is 7.59. The van der Waals surface area contributed by atoms with Crippen LogP contribution in [-0.2, 0) is 16.8 Å². The Hall–Kier alpha value is -2.49. The van der Waals surface area contributed by atoms with Crippen molar-refractivity contribution >= 4 is 5.97 Å². The fraction of sp³-hybridized carbons (Fsp3) is 0.480. The van der Waals surface area contributed by atoms with Gasteiger partial charge in [-0.2, -0.15) is 0 Å². The molecule has 0 radical (unpaired) electrons. The number of aromatic hydroxyl groups is 1. The molecule has 1 aliphatic carbocycles. The first-order valence-corrected chi connectivity index (χ1v) is 10.6. The predicted molar refractivity (Wildman–Crippen MR) is 113 cm³/mol. The van der Waals surface area contributed by atoms with E-state index in [9.17, 15) is 9.90 Å². The molecule has 2 aromatic carbocycles. The summed E-state index contributed by atoms with van der Waals surface area (Å²) in [6.07, 6.45) is 6.21. The minimum Gasteiger partial charge on any atom is -0.507 e. The van der Waals surface area contributed by atoms with Crippen molar-refractivity contribution in [2.45, 2.75) is 77.9 Å². The number of hydrogen-bond acceptors (Lipinski definition) is 4. The fourth-order valence-electron chi connectivity index (χ4n) is 4.64. The van der Waals surface area contributed by atoms with Crippen LogP contribution in [0, 0.1) is 20.8 Å². The van der Waals surface area contributed by atoms with Crippen LogP contribution in [0.25, 0.3) is 0 Å². The van der Waals surface area contributed by atoms with Gasteiger partial charge >= 0.3 is 5.97 Å². The van der Waals surface area contributed by atoms with Crippen molar-refractivity contribution in [2.24, 2.45) is 0 Å². The van der Waals surface area contributed by atoms with Crippen molar-refractivity contribution in [3.05, 3.63) is 57.6 Å². The van der Waals surface area contributed by atoms with Gasteiger partial charge in [-0.25, -0.2) is 4.79 Å². The van der Waals surface area contributed by atoms with Crippen LogP contribution in [0.1, 0.15) is 77.2 Å². The number of phenols is 1. The van der Waals surface area contributed by atoms with E-state index in [0.29, 0.717) is 17.7 Å². The summed E-state index contributed by atoms with van der Waals surface area (Å²) in [5.41, 5.74) is 4.88. The highest BCUT2D eigenvalue weighted by Crippen LogP contribution is 2.48. The first-order valence-electron chi connectivity index (χ1n) is 10.6. The van der Waals surface area contributed by atoms with E-state index in [0.717, 1.165) is 59.3 Å². The standard InChI is InChI=1S/C25H30O4/c1-15-16(2)23-21(17(3)22(15)26)14-25(4,29-23)19-12-10-18(11-13-19)24(27)28-20-8-6-5-7-9-20/h10-13,20,26H,5-9,14H2,1-4H3. The lowest BCUT2D eigenvalue weighted by molar-refractivity contribution is 0.0211. The monoisotopic (exact) mass is 394 g/mol. The van der Waals surface area contributed by atoms with E-state index in [2.05, 4.69) is 6.92 Å². The average molecular weight is 395 g/mol. The predicted octanol–water partition coefficient (Wildman–Crippen LogP) is 5.66. The zero-order valence-corrected chi connectivity index (χ0v) is 17.8. The van der Waals surface area contributed by atoms with Crippen LogP contribution < -0.4 is 4.74 Å². The summed E-state index contributed by atoms with van der Waals surface area (Å²) in [4.78, 5) is 12.5. The van der Waals surface area contributed by atoms with Gasteiger partial charge in [-0.1, -0.05) is 18.6 Å². The molecule has 1 unspecified atom stereocenters. The van der Waals surface area contributed by atoms with Crippen LogP contribution >= 0.6 is 0 Å². The van der Waals surface area contributed by atoms with E-state index in [1.807, 2.05) is 45.0 Å². The molecule has 0 saturated heterocycles. The fourth-order valence-corrected chi connectivity index (χ4v) is 4.64. The van der Waals surface area contributed by atoms with E-state index in [-0.39, 0.29) is 12.1 Å². The Balaban J connectivity index is 1.54. The van der Waals surface area contributed by atoms with Crippen LogP contribution in [0.2, 0.25) is 0 Å². The van der Waals surface area contributed by atoms with Gasteiger partial charge in [-0.15, -0.1) is 0 Å². The highest BCUT2D eigenvalue weighted by atomic mass is 16.5. The van der Waals surface area contributed by atoms with Gasteiger partial charge in [-0.3, -0.25) is 0 Å². The molecule has 1 N–H and O–H groups in total. The first-order chi connectivity index (χ1) is 13.8. The van der Waals surface area contributed by atoms with Crippen LogP contribution in [0.15, 0.2) is 24.3 Å². The highest BCUT2D eigenvalue weighted by Gasteiger charge is 2.39. The third kappa shape index (κ3) is 3.50.